The second kappa shape index (κ2) is 5.67. The van der Waals surface area contributed by atoms with Gasteiger partial charge in [0.15, 0.2) is 11.6 Å². The first-order chi connectivity index (χ1) is 8.36. The summed E-state index contributed by atoms with van der Waals surface area (Å²) < 4.78 is 5.01. The number of phenols is 1. The molecule has 0 unspecified atom stereocenters. The van der Waals surface area contributed by atoms with E-state index in [2.05, 4.69) is 0 Å². The van der Waals surface area contributed by atoms with Crippen LogP contribution >= 0.6 is 0 Å². The molecule has 0 saturated heterocycles. The van der Waals surface area contributed by atoms with Crippen molar-refractivity contribution in [3.05, 3.63) is 23.3 Å². The number of hydrogen-bond donors (Lipinski definition) is 1. The van der Waals surface area contributed by atoms with Gasteiger partial charge in [-0.3, -0.25) is 9.59 Å². The summed E-state index contributed by atoms with van der Waals surface area (Å²) in [7, 11) is 1.41. The van der Waals surface area contributed by atoms with Gasteiger partial charge in [-0.2, -0.15) is 0 Å². The number of hydrogen-bond acceptors (Lipinski definition) is 4. The summed E-state index contributed by atoms with van der Waals surface area (Å²) in [5.74, 6) is -0.0542. The number of Topliss-reactive ketones (excluding diaryl/α,β-unsaturated/α-hetero) is 2. The SMILES string of the molecule is COc1cc(O)c(C(=O)CC(C)C)cc1C(C)=O. The zero-order chi connectivity index (χ0) is 13.9. The molecule has 18 heavy (non-hydrogen) atoms. The Hall–Kier alpha value is -1.84. The molecule has 0 radical (unpaired) electrons. The van der Waals surface area contributed by atoms with Gasteiger partial charge in [-0.25, -0.2) is 0 Å². The fraction of sp³-hybridized carbons (Fsp3) is 0.429. The average Bonchev–Trinajstić information content (AvgIpc) is 2.26. The molecule has 0 aliphatic rings. The molecule has 0 aromatic heterocycles. The molecular weight excluding hydrogens is 232 g/mol. The molecular formula is C14H18O4. The van der Waals surface area contributed by atoms with Gasteiger partial charge in [0.05, 0.1) is 18.2 Å². The molecule has 0 saturated carbocycles. The van der Waals surface area contributed by atoms with Crippen molar-refractivity contribution in [2.75, 3.05) is 7.11 Å². The van der Waals surface area contributed by atoms with Crippen molar-refractivity contribution in [2.45, 2.75) is 27.2 Å². The zero-order valence-corrected chi connectivity index (χ0v) is 11.1. The maximum atomic E-state index is 11.9. The van der Waals surface area contributed by atoms with Crippen LogP contribution in [-0.4, -0.2) is 23.8 Å². The maximum absolute atomic E-state index is 11.9. The van der Waals surface area contributed by atoms with Crippen molar-refractivity contribution in [1.82, 2.24) is 0 Å². The van der Waals surface area contributed by atoms with E-state index in [1.807, 2.05) is 13.8 Å². The summed E-state index contributed by atoms with van der Waals surface area (Å²) in [5, 5.41) is 9.80. The van der Waals surface area contributed by atoms with Crippen molar-refractivity contribution < 1.29 is 19.4 Å². The molecule has 1 rings (SSSR count). The highest BCUT2D eigenvalue weighted by Crippen LogP contribution is 2.30. The first-order valence-corrected chi connectivity index (χ1v) is 5.82. The molecule has 0 amide bonds. The van der Waals surface area contributed by atoms with Crippen molar-refractivity contribution in [1.29, 1.82) is 0 Å². The molecule has 0 fully saturated rings. The number of benzene rings is 1. The lowest BCUT2D eigenvalue weighted by atomic mass is 9.97. The van der Waals surface area contributed by atoms with Gasteiger partial charge in [-0.15, -0.1) is 0 Å². The largest absolute Gasteiger partial charge is 0.507 e. The number of rotatable bonds is 5. The minimum atomic E-state index is -0.203. The number of carbonyl (C=O) groups is 2. The van der Waals surface area contributed by atoms with Gasteiger partial charge < -0.3 is 9.84 Å². The third kappa shape index (κ3) is 3.09. The summed E-state index contributed by atoms with van der Waals surface area (Å²) in [6.07, 6.45) is 0.331. The van der Waals surface area contributed by atoms with Crippen LogP contribution in [-0.2, 0) is 0 Å². The third-order valence-electron chi connectivity index (χ3n) is 2.59. The molecule has 1 aromatic carbocycles. The number of ether oxygens (including phenoxy) is 1. The van der Waals surface area contributed by atoms with Crippen LogP contribution in [0, 0.1) is 5.92 Å². The Morgan fingerprint density at radius 3 is 2.33 bits per heavy atom. The van der Waals surface area contributed by atoms with Crippen molar-refractivity contribution in [3.63, 3.8) is 0 Å². The quantitative estimate of drug-likeness (QED) is 0.816. The lowest BCUT2D eigenvalue weighted by molar-refractivity contribution is 0.0965. The van der Waals surface area contributed by atoms with Gasteiger partial charge in [0.25, 0.3) is 0 Å². The van der Waals surface area contributed by atoms with Crippen LogP contribution < -0.4 is 4.74 Å². The van der Waals surface area contributed by atoms with Gasteiger partial charge in [0, 0.05) is 12.5 Å². The van der Waals surface area contributed by atoms with Crippen LogP contribution in [0.5, 0.6) is 11.5 Å². The van der Waals surface area contributed by atoms with Crippen molar-refractivity contribution in [3.8, 4) is 11.5 Å². The van der Waals surface area contributed by atoms with E-state index in [-0.39, 0.29) is 34.5 Å². The van der Waals surface area contributed by atoms with E-state index in [9.17, 15) is 14.7 Å². The van der Waals surface area contributed by atoms with Gasteiger partial charge in [-0.1, -0.05) is 13.8 Å². The average molecular weight is 250 g/mol. The maximum Gasteiger partial charge on any atom is 0.166 e. The minimum absolute atomic E-state index is 0.150. The summed E-state index contributed by atoms with van der Waals surface area (Å²) in [6, 6.07) is 2.71. The van der Waals surface area contributed by atoms with E-state index < -0.39 is 0 Å². The molecule has 4 heteroatoms. The van der Waals surface area contributed by atoms with Crippen LogP contribution in [0.4, 0.5) is 0 Å². The molecule has 1 aromatic rings. The Bertz CT molecular complexity index is 475. The standard InChI is InChI=1S/C14H18O4/c1-8(2)5-12(16)11-6-10(9(3)15)14(18-4)7-13(11)17/h6-8,17H,5H2,1-4H3. The van der Waals surface area contributed by atoms with Crippen LogP contribution in [0.2, 0.25) is 0 Å². The van der Waals surface area contributed by atoms with Crippen LogP contribution in [0.3, 0.4) is 0 Å². The number of aromatic hydroxyl groups is 1. The first kappa shape index (κ1) is 14.2. The molecule has 0 heterocycles. The van der Waals surface area contributed by atoms with E-state index in [0.29, 0.717) is 12.0 Å². The third-order valence-corrected chi connectivity index (χ3v) is 2.59. The Morgan fingerprint density at radius 1 is 1.28 bits per heavy atom. The number of methoxy groups -OCH3 is 1. The van der Waals surface area contributed by atoms with E-state index >= 15 is 0 Å². The summed E-state index contributed by atoms with van der Waals surface area (Å²) in [4.78, 5) is 23.4. The van der Waals surface area contributed by atoms with E-state index in [1.165, 1.54) is 26.2 Å². The Labute approximate surface area is 107 Å². The van der Waals surface area contributed by atoms with Crippen LogP contribution in [0.1, 0.15) is 47.9 Å². The molecule has 0 spiro atoms. The van der Waals surface area contributed by atoms with Crippen molar-refractivity contribution in [2.24, 2.45) is 5.92 Å². The molecule has 4 nitrogen and oxygen atoms in total. The molecule has 0 atom stereocenters. The number of phenolic OH excluding ortho intramolecular Hbond substituents is 1. The highest BCUT2D eigenvalue weighted by molar-refractivity contribution is 6.04. The van der Waals surface area contributed by atoms with Gasteiger partial charge in [-0.05, 0) is 18.9 Å². The summed E-state index contributed by atoms with van der Waals surface area (Å²) >= 11 is 0. The zero-order valence-electron chi connectivity index (χ0n) is 11.1. The normalized spacial score (nSPS) is 10.5. The smallest absolute Gasteiger partial charge is 0.166 e. The molecule has 1 N–H and O–H groups in total. The highest BCUT2D eigenvalue weighted by Gasteiger charge is 2.18. The molecule has 0 bridgehead atoms. The minimum Gasteiger partial charge on any atom is -0.507 e. The predicted octanol–water partition coefficient (Wildman–Crippen LogP) is 2.83. The lowest BCUT2D eigenvalue weighted by Crippen LogP contribution is -2.07. The van der Waals surface area contributed by atoms with Crippen LogP contribution in [0.25, 0.3) is 0 Å². The van der Waals surface area contributed by atoms with E-state index in [4.69, 9.17) is 4.74 Å². The predicted molar refractivity (Wildman–Crippen MR) is 68.4 cm³/mol. The fourth-order valence-corrected chi connectivity index (χ4v) is 1.72. The fourth-order valence-electron chi connectivity index (χ4n) is 1.72. The Kier molecular flexibility index (Phi) is 4.48. The monoisotopic (exact) mass is 250 g/mol. The number of carbonyl (C=O) groups excluding carboxylic acids is 2. The second-order valence-electron chi connectivity index (χ2n) is 4.65. The van der Waals surface area contributed by atoms with Crippen molar-refractivity contribution >= 4 is 11.6 Å². The highest BCUT2D eigenvalue weighted by atomic mass is 16.5. The number of ketones is 2. The van der Waals surface area contributed by atoms with Gasteiger partial charge in [0.2, 0.25) is 0 Å². The summed E-state index contributed by atoms with van der Waals surface area (Å²) in [6.45, 7) is 5.24. The van der Waals surface area contributed by atoms with E-state index in [1.54, 1.807) is 0 Å². The van der Waals surface area contributed by atoms with Crippen LogP contribution in [0.15, 0.2) is 12.1 Å². The molecule has 98 valence electrons. The summed E-state index contributed by atoms with van der Waals surface area (Å²) in [5.41, 5.74) is 0.483. The topological polar surface area (TPSA) is 63.6 Å². The van der Waals surface area contributed by atoms with E-state index in [0.717, 1.165) is 0 Å². The van der Waals surface area contributed by atoms with Gasteiger partial charge in [0.1, 0.15) is 11.5 Å². The first-order valence-electron chi connectivity index (χ1n) is 5.82. The Morgan fingerprint density at radius 2 is 1.89 bits per heavy atom. The molecule has 0 aliphatic carbocycles. The Balaban J connectivity index is 3.25. The lowest BCUT2D eigenvalue weighted by Gasteiger charge is -2.11. The molecule has 0 aliphatic heterocycles. The second-order valence-corrected chi connectivity index (χ2v) is 4.65. The van der Waals surface area contributed by atoms with Gasteiger partial charge >= 0.3 is 0 Å².